The van der Waals surface area contributed by atoms with Gasteiger partial charge in [-0.3, -0.25) is 0 Å². The first-order valence-corrected chi connectivity index (χ1v) is 4.10. The fourth-order valence-corrected chi connectivity index (χ4v) is 1.21. The SMILES string of the molecule is CC[C@@H](CNC)CC(C)N. The quantitative estimate of drug-likeness (QED) is 0.603. The van der Waals surface area contributed by atoms with E-state index in [0.717, 1.165) is 18.9 Å². The van der Waals surface area contributed by atoms with E-state index >= 15 is 0 Å². The van der Waals surface area contributed by atoms with Gasteiger partial charge in [-0.05, 0) is 32.9 Å². The molecule has 0 heterocycles. The van der Waals surface area contributed by atoms with Crippen molar-refractivity contribution >= 4 is 0 Å². The highest BCUT2D eigenvalue weighted by molar-refractivity contribution is 4.64. The fourth-order valence-electron chi connectivity index (χ4n) is 1.21. The second-order valence-corrected chi connectivity index (χ2v) is 3.04. The maximum atomic E-state index is 5.67. The Labute approximate surface area is 64.2 Å². The summed E-state index contributed by atoms with van der Waals surface area (Å²) in [6, 6.07) is 0.346. The van der Waals surface area contributed by atoms with Gasteiger partial charge in [0.2, 0.25) is 0 Å². The van der Waals surface area contributed by atoms with Gasteiger partial charge in [-0.25, -0.2) is 0 Å². The molecule has 0 aliphatic carbocycles. The van der Waals surface area contributed by atoms with Gasteiger partial charge in [-0.1, -0.05) is 13.3 Å². The first-order chi connectivity index (χ1) is 4.70. The van der Waals surface area contributed by atoms with Crippen LogP contribution in [0.5, 0.6) is 0 Å². The molecular formula is C8H20N2. The van der Waals surface area contributed by atoms with Crippen LogP contribution in [-0.4, -0.2) is 19.6 Å². The lowest BCUT2D eigenvalue weighted by Gasteiger charge is -2.15. The third-order valence-corrected chi connectivity index (χ3v) is 1.78. The van der Waals surface area contributed by atoms with Gasteiger partial charge in [0.25, 0.3) is 0 Å². The van der Waals surface area contributed by atoms with Crippen molar-refractivity contribution in [3.8, 4) is 0 Å². The van der Waals surface area contributed by atoms with Gasteiger partial charge in [0, 0.05) is 6.04 Å². The van der Waals surface area contributed by atoms with E-state index in [4.69, 9.17) is 5.73 Å². The van der Waals surface area contributed by atoms with Crippen LogP contribution in [0.4, 0.5) is 0 Å². The van der Waals surface area contributed by atoms with Gasteiger partial charge in [-0.2, -0.15) is 0 Å². The maximum Gasteiger partial charge on any atom is 0.00135 e. The molecule has 62 valence electrons. The zero-order valence-corrected chi connectivity index (χ0v) is 7.35. The van der Waals surface area contributed by atoms with Gasteiger partial charge in [0.15, 0.2) is 0 Å². The highest BCUT2D eigenvalue weighted by atomic mass is 14.8. The number of hydrogen-bond donors (Lipinski definition) is 2. The normalized spacial score (nSPS) is 16.8. The Morgan fingerprint density at radius 2 is 2.10 bits per heavy atom. The molecule has 2 heteroatoms. The second kappa shape index (κ2) is 5.69. The summed E-state index contributed by atoms with van der Waals surface area (Å²) in [6.07, 6.45) is 2.36. The molecule has 0 aromatic heterocycles. The second-order valence-electron chi connectivity index (χ2n) is 3.04. The molecular weight excluding hydrogens is 124 g/mol. The molecule has 2 nitrogen and oxygen atoms in total. The van der Waals surface area contributed by atoms with Crippen LogP contribution < -0.4 is 11.1 Å². The van der Waals surface area contributed by atoms with Crippen molar-refractivity contribution in [1.29, 1.82) is 0 Å². The average molecular weight is 144 g/mol. The number of nitrogens with one attached hydrogen (secondary N) is 1. The summed E-state index contributed by atoms with van der Waals surface area (Å²) in [7, 11) is 1.99. The number of rotatable bonds is 5. The molecule has 0 aliphatic heterocycles. The summed E-state index contributed by atoms with van der Waals surface area (Å²) in [5, 5.41) is 3.17. The maximum absolute atomic E-state index is 5.67. The van der Waals surface area contributed by atoms with Crippen molar-refractivity contribution in [2.24, 2.45) is 11.7 Å². The third-order valence-electron chi connectivity index (χ3n) is 1.78. The van der Waals surface area contributed by atoms with E-state index < -0.39 is 0 Å². The van der Waals surface area contributed by atoms with E-state index in [1.54, 1.807) is 0 Å². The molecule has 0 saturated heterocycles. The Morgan fingerprint density at radius 1 is 1.50 bits per heavy atom. The number of hydrogen-bond acceptors (Lipinski definition) is 2. The van der Waals surface area contributed by atoms with Crippen LogP contribution in [0.15, 0.2) is 0 Å². The molecule has 0 radical (unpaired) electrons. The minimum atomic E-state index is 0.346. The number of nitrogens with two attached hydrogens (primary N) is 1. The predicted molar refractivity (Wildman–Crippen MR) is 46.0 cm³/mol. The molecule has 0 aromatic rings. The van der Waals surface area contributed by atoms with Crippen molar-refractivity contribution in [2.75, 3.05) is 13.6 Å². The molecule has 0 fully saturated rings. The van der Waals surface area contributed by atoms with E-state index in [-0.39, 0.29) is 0 Å². The van der Waals surface area contributed by atoms with Crippen LogP contribution in [0.2, 0.25) is 0 Å². The Kier molecular flexibility index (Phi) is 5.64. The van der Waals surface area contributed by atoms with Crippen LogP contribution in [-0.2, 0) is 0 Å². The predicted octanol–water partition coefficient (Wildman–Crippen LogP) is 0.969. The highest BCUT2D eigenvalue weighted by Crippen LogP contribution is 2.07. The summed E-state index contributed by atoms with van der Waals surface area (Å²) in [5.41, 5.74) is 5.67. The summed E-state index contributed by atoms with van der Waals surface area (Å²) in [4.78, 5) is 0. The lowest BCUT2D eigenvalue weighted by Crippen LogP contribution is -2.25. The van der Waals surface area contributed by atoms with Crippen molar-refractivity contribution in [3.05, 3.63) is 0 Å². The molecule has 0 aromatic carbocycles. The Bertz CT molecular complexity index is 71.7. The van der Waals surface area contributed by atoms with Crippen LogP contribution in [0, 0.1) is 5.92 Å². The highest BCUT2D eigenvalue weighted by Gasteiger charge is 2.06. The largest absolute Gasteiger partial charge is 0.328 e. The topological polar surface area (TPSA) is 38.0 Å². The van der Waals surface area contributed by atoms with Crippen molar-refractivity contribution in [1.82, 2.24) is 5.32 Å². The van der Waals surface area contributed by atoms with E-state index in [2.05, 4.69) is 19.2 Å². The smallest absolute Gasteiger partial charge is 0.00135 e. The van der Waals surface area contributed by atoms with Gasteiger partial charge in [-0.15, -0.1) is 0 Å². The molecule has 0 saturated carbocycles. The van der Waals surface area contributed by atoms with Crippen molar-refractivity contribution < 1.29 is 0 Å². The zero-order chi connectivity index (χ0) is 7.98. The fraction of sp³-hybridized carbons (Fsp3) is 1.00. The van der Waals surface area contributed by atoms with Crippen LogP contribution >= 0.6 is 0 Å². The van der Waals surface area contributed by atoms with E-state index in [1.807, 2.05) is 7.05 Å². The first-order valence-electron chi connectivity index (χ1n) is 4.10. The van der Waals surface area contributed by atoms with Crippen LogP contribution in [0.3, 0.4) is 0 Å². The lowest BCUT2D eigenvalue weighted by molar-refractivity contribution is 0.418. The minimum absolute atomic E-state index is 0.346. The van der Waals surface area contributed by atoms with Gasteiger partial charge >= 0.3 is 0 Å². The standard InChI is InChI=1S/C8H20N2/c1-4-8(6-10-3)5-7(2)9/h7-8,10H,4-6,9H2,1-3H3/t7?,8-/m1/s1. The minimum Gasteiger partial charge on any atom is -0.328 e. The molecule has 0 bridgehead atoms. The first kappa shape index (κ1) is 9.92. The molecule has 0 spiro atoms. The summed E-state index contributed by atoms with van der Waals surface area (Å²) >= 11 is 0. The Morgan fingerprint density at radius 3 is 2.40 bits per heavy atom. The Hall–Kier alpha value is -0.0800. The lowest BCUT2D eigenvalue weighted by atomic mass is 9.99. The van der Waals surface area contributed by atoms with Gasteiger partial charge in [0.1, 0.15) is 0 Å². The van der Waals surface area contributed by atoms with Crippen molar-refractivity contribution in [3.63, 3.8) is 0 Å². The Balaban J connectivity index is 3.39. The molecule has 10 heavy (non-hydrogen) atoms. The van der Waals surface area contributed by atoms with Crippen LogP contribution in [0.25, 0.3) is 0 Å². The van der Waals surface area contributed by atoms with Crippen molar-refractivity contribution in [2.45, 2.75) is 32.7 Å². The molecule has 0 rings (SSSR count). The van der Waals surface area contributed by atoms with Crippen LogP contribution in [0.1, 0.15) is 26.7 Å². The molecule has 1 unspecified atom stereocenters. The average Bonchev–Trinajstić information content (AvgIpc) is 1.86. The monoisotopic (exact) mass is 144 g/mol. The molecule has 0 amide bonds. The van der Waals surface area contributed by atoms with Gasteiger partial charge in [0.05, 0.1) is 0 Å². The molecule has 2 atom stereocenters. The van der Waals surface area contributed by atoms with E-state index in [9.17, 15) is 0 Å². The third kappa shape index (κ3) is 4.77. The zero-order valence-electron chi connectivity index (χ0n) is 7.35. The summed E-state index contributed by atoms with van der Waals surface area (Å²) < 4.78 is 0. The van der Waals surface area contributed by atoms with E-state index in [0.29, 0.717) is 6.04 Å². The van der Waals surface area contributed by atoms with E-state index in [1.165, 1.54) is 6.42 Å². The molecule has 3 N–H and O–H groups in total. The summed E-state index contributed by atoms with van der Waals surface area (Å²) in [6.45, 7) is 5.38. The summed E-state index contributed by atoms with van der Waals surface area (Å²) in [5.74, 6) is 0.755. The van der Waals surface area contributed by atoms with Gasteiger partial charge < -0.3 is 11.1 Å². The molecule has 0 aliphatic rings.